The first-order valence-corrected chi connectivity index (χ1v) is 5.97. The molecule has 4 atom stereocenters. The summed E-state index contributed by atoms with van der Waals surface area (Å²) in [6.07, 6.45) is 0.857. The maximum Gasteiger partial charge on any atom is 0.335 e. The molecule has 0 unspecified atom stereocenters. The van der Waals surface area contributed by atoms with Crippen molar-refractivity contribution in [3.8, 4) is 0 Å². The molecule has 5 nitrogen and oxygen atoms in total. The third-order valence-electron chi connectivity index (χ3n) is 2.78. The van der Waals surface area contributed by atoms with Gasteiger partial charge in [-0.2, -0.15) is 0 Å². The van der Waals surface area contributed by atoms with Crippen LogP contribution in [0.3, 0.4) is 0 Å². The Labute approximate surface area is 101 Å². The number of aliphatic hydroxyl groups excluding tert-OH is 3. The third kappa shape index (κ3) is 4.11. The zero-order chi connectivity index (χ0) is 12.8. The van der Waals surface area contributed by atoms with Gasteiger partial charge < -0.3 is 20.1 Å². The molecule has 0 saturated carbocycles. The fourth-order valence-corrected chi connectivity index (χ4v) is 1.75. The van der Waals surface area contributed by atoms with Crippen LogP contribution in [0.2, 0.25) is 0 Å². The summed E-state index contributed by atoms with van der Waals surface area (Å²) in [6.45, 7) is 1.89. The number of cyclic esters (lactones) is 1. The summed E-state index contributed by atoms with van der Waals surface area (Å²) in [5, 5.41) is 29.0. The van der Waals surface area contributed by atoms with Crippen LogP contribution in [-0.4, -0.2) is 45.7 Å². The maximum absolute atomic E-state index is 11.5. The monoisotopic (exact) mass is 244 g/mol. The van der Waals surface area contributed by atoms with Crippen LogP contribution in [0.1, 0.15) is 32.6 Å². The number of aliphatic hydroxyl groups is 3. The molecule has 0 amide bonds. The summed E-state index contributed by atoms with van der Waals surface area (Å²) < 4.78 is 5.03. The highest BCUT2D eigenvalue weighted by molar-refractivity contribution is 5.74. The van der Waals surface area contributed by atoms with E-state index in [2.05, 4.69) is 0 Å². The summed E-state index contributed by atoms with van der Waals surface area (Å²) in [7, 11) is 0. The smallest absolute Gasteiger partial charge is 0.335 e. The van der Waals surface area contributed by atoms with E-state index in [4.69, 9.17) is 4.74 Å². The van der Waals surface area contributed by atoms with Gasteiger partial charge in [0.05, 0.1) is 0 Å². The molecule has 0 saturated heterocycles. The van der Waals surface area contributed by atoms with Gasteiger partial charge in [0.1, 0.15) is 18.3 Å². The van der Waals surface area contributed by atoms with E-state index in [9.17, 15) is 20.1 Å². The molecule has 0 spiro atoms. The Morgan fingerprint density at radius 2 is 2.12 bits per heavy atom. The average Bonchev–Trinajstić information content (AvgIpc) is 2.31. The van der Waals surface area contributed by atoms with Crippen LogP contribution in [0, 0.1) is 0 Å². The number of carbonyl (C=O) groups is 1. The highest BCUT2D eigenvalue weighted by Crippen LogP contribution is 2.16. The summed E-state index contributed by atoms with van der Waals surface area (Å²) in [6, 6.07) is 0. The van der Waals surface area contributed by atoms with Crippen LogP contribution >= 0.6 is 0 Å². The first-order chi connectivity index (χ1) is 8.06. The van der Waals surface area contributed by atoms with Crippen LogP contribution in [0.15, 0.2) is 12.2 Å². The lowest BCUT2D eigenvalue weighted by Gasteiger charge is -2.27. The first-order valence-electron chi connectivity index (χ1n) is 5.97. The fraction of sp³-hybridized carbons (Fsp3) is 0.750. The highest BCUT2D eigenvalue weighted by atomic mass is 16.6. The molecular formula is C12H20O5. The zero-order valence-corrected chi connectivity index (χ0v) is 9.95. The van der Waals surface area contributed by atoms with Crippen LogP contribution in [-0.2, 0) is 9.53 Å². The maximum atomic E-state index is 11.5. The van der Waals surface area contributed by atoms with Gasteiger partial charge in [-0.05, 0) is 19.3 Å². The highest BCUT2D eigenvalue weighted by Gasteiger charge is 2.30. The van der Waals surface area contributed by atoms with Crippen molar-refractivity contribution in [3.05, 3.63) is 12.2 Å². The number of esters is 1. The third-order valence-corrected chi connectivity index (χ3v) is 2.78. The number of carbonyl (C=O) groups excluding carboxylic acids is 1. The SMILES string of the molecule is CCC[C@@H]1OC(=O)[C@@H](O)CC/C=C/[C@@H](O)[C@@H]1O. The van der Waals surface area contributed by atoms with Gasteiger partial charge in [0.15, 0.2) is 6.10 Å². The van der Waals surface area contributed by atoms with Gasteiger partial charge in [-0.25, -0.2) is 4.79 Å². The van der Waals surface area contributed by atoms with Gasteiger partial charge in [0, 0.05) is 0 Å². The molecule has 5 heteroatoms. The predicted octanol–water partition coefficient (Wildman–Crippen LogP) is 0.131. The zero-order valence-electron chi connectivity index (χ0n) is 9.95. The molecule has 0 aliphatic carbocycles. The summed E-state index contributed by atoms with van der Waals surface area (Å²) in [5.41, 5.74) is 0. The van der Waals surface area contributed by atoms with Crippen LogP contribution in [0.4, 0.5) is 0 Å². The van der Waals surface area contributed by atoms with Crippen molar-refractivity contribution in [2.45, 2.75) is 57.0 Å². The molecule has 0 fully saturated rings. The van der Waals surface area contributed by atoms with Crippen LogP contribution in [0.5, 0.6) is 0 Å². The molecule has 0 bridgehead atoms. The summed E-state index contributed by atoms with van der Waals surface area (Å²) in [5.74, 6) is -0.731. The van der Waals surface area contributed by atoms with Gasteiger partial charge in [0.25, 0.3) is 0 Å². The molecule has 0 aromatic carbocycles. The Morgan fingerprint density at radius 1 is 1.41 bits per heavy atom. The van der Waals surface area contributed by atoms with E-state index >= 15 is 0 Å². The van der Waals surface area contributed by atoms with E-state index in [0.717, 1.165) is 0 Å². The Balaban J connectivity index is 2.80. The van der Waals surface area contributed by atoms with Gasteiger partial charge >= 0.3 is 5.97 Å². The molecule has 1 heterocycles. The topological polar surface area (TPSA) is 87.0 Å². The number of allylic oxidation sites excluding steroid dienone is 1. The van der Waals surface area contributed by atoms with Crippen molar-refractivity contribution in [3.63, 3.8) is 0 Å². The lowest BCUT2D eigenvalue weighted by Crippen LogP contribution is -2.41. The summed E-state index contributed by atoms with van der Waals surface area (Å²) in [4.78, 5) is 11.5. The van der Waals surface area contributed by atoms with Crippen molar-refractivity contribution in [1.29, 1.82) is 0 Å². The second-order valence-electron chi connectivity index (χ2n) is 4.27. The molecule has 1 aliphatic heterocycles. The van der Waals surface area contributed by atoms with Gasteiger partial charge in [-0.15, -0.1) is 0 Å². The Bertz CT molecular complexity index is 276. The average molecular weight is 244 g/mol. The molecule has 3 N–H and O–H groups in total. The molecule has 17 heavy (non-hydrogen) atoms. The number of hydrogen-bond acceptors (Lipinski definition) is 5. The number of rotatable bonds is 2. The largest absolute Gasteiger partial charge is 0.458 e. The fourth-order valence-electron chi connectivity index (χ4n) is 1.75. The van der Waals surface area contributed by atoms with E-state index in [1.807, 2.05) is 6.92 Å². The van der Waals surface area contributed by atoms with Crippen molar-refractivity contribution in [2.75, 3.05) is 0 Å². The second-order valence-corrected chi connectivity index (χ2v) is 4.27. The molecule has 98 valence electrons. The molecule has 0 aromatic rings. The van der Waals surface area contributed by atoms with Crippen LogP contribution < -0.4 is 0 Å². The quantitative estimate of drug-likeness (QED) is 0.475. The Hall–Kier alpha value is -0.910. The Kier molecular flexibility index (Phi) is 5.61. The minimum absolute atomic E-state index is 0.261. The Morgan fingerprint density at radius 3 is 2.76 bits per heavy atom. The lowest BCUT2D eigenvalue weighted by molar-refractivity contribution is -0.169. The number of ether oxygens (including phenoxy) is 1. The van der Waals surface area contributed by atoms with E-state index in [-0.39, 0.29) is 6.42 Å². The van der Waals surface area contributed by atoms with E-state index in [1.165, 1.54) is 6.08 Å². The molecular weight excluding hydrogens is 224 g/mol. The van der Waals surface area contributed by atoms with E-state index < -0.39 is 30.4 Å². The van der Waals surface area contributed by atoms with Gasteiger partial charge in [-0.3, -0.25) is 0 Å². The van der Waals surface area contributed by atoms with Crippen molar-refractivity contribution in [2.24, 2.45) is 0 Å². The standard InChI is InChI=1S/C12H20O5/c1-2-5-10-11(15)8(13)6-3-4-7-9(14)12(16)17-10/h3,6,8-11,13-15H,2,4-5,7H2,1H3/b6-3+/t8-,9+,10+,11+/m1/s1. The molecule has 0 aromatic heterocycles. The molecule has 1 aliphatic rings. The molecule has 1 rings (SSSR count). The number of hydrogen-bond donors (Lipinski definition) is 3. The van der Waals surface area contributed by atoms with Crippen molar-refractivity contribution < 1.29 is 24.9 Å². The summed E-state index contributed by atoms with van der Waals surface area (Å²) >= 11 is 0. The van der Waals surface area contributed by atoms with E-state index in [0.29, 0.717) is 19.3 Å². The normalized spacial score (nSPS) is 37.3. The van der Waals surface area contributed by atoms with Gasteiger partial charge in [0.2, 0.25) is 0 Å². The minimum Gasteiger partial charge on any atom is -0.458 e. The lowest BCUT2D eigenvalue weighted by atomic mass is 10.0. The van der Waals surface area contributed by atoms with Gasteiger partial charge in [-0.1, -0.05) is 25.5 Å². The van der Waals surface area contributed by atoms with E-state index in [1.54, 1.807) is 6.08 Å². The van der Waals surface area contributed by atoms with Crippen LogP contribution in [0.25, 0.3) is 0 Å². The molecule has 0 radical (unpaired) electrons. The second kappa shape index (κ2) is 6.74. The van der Waals surface area contributed by atoms with Crippen molar-refractivity contribution in [1.82, 2.24) is 0 Å². The predicted molar refractivity (Wildman–Crippen MR) is 61.2 cm³/mol. The minimum atomic E-state index is -1.17. The first kappa shape index (κ1) is 14.2. The van der Waals surface area contributed by atoms with Crippen molar-refractivity contribution >= 4 is 5.97 Å².